The summed E-state index contributed by atoms with van der Waals surface area (Å²) in [7, 11) is 0. The summed E-state index contributed by atoms with van der Waals surface area (Å²) in [6, 6.07) is 0. The van der Waals surface area contributed by atoms with Crippen LogP contribution in [0.15, 0.2) is 0 Å². The van der Waals surface area contributed by atoms with Crippen molar-refractivity contribution in [1.29, 1.82) is 0 Å². The van der Waals surface area contributed by atoms with Crippen LogP contribution in [0, 0.1) is 0 Å². The Kier molecular flexibility index (Phi) is 8.62. The van der Waals surface area contributed by atoms with E-state index in [1.165, 1.54) is 0 Å². The first kappa shape index (κ1) is 10.1. The maximum atomic E-state index is 9.60. The molecule has 0 saturated heterocycles. The summed E-state index contributed by atoms with van der Waals surface area (Å²) in [4.78, 5) is 9.60. The second-order valence-electron chi connectivity index (χ2n) is 1.14. The third kappa shape index (κ3) is 10.7. The van der Waals surface area contributed by atoms with Crippen LogP contribution in [0.2, 0.25) is 0 Å². The van der Waals surface area contributed by atoms with Crippen LogP contribution in [0.25, 0.3) is 0 Å². The number of carbonyl (C=O) groups is 1. The van der Waals surface area contributed by atoms with Gasteiger partial charge in [-0.2, -0.15) is 0 Å². The van der Waals surface area contributed by atoms with E-state index in [1.54, 1.807) is 0 Å². The van der Waals surface area contributed by atoms with Gasteiger partial charge in [0.25, 0.3) is 0 Å². The maximum Gasteiger partial charge on any atom is 0.303 e. The molecule has 0 aromatic heterocycles. The van der Waals surface area contributed by atoms with E-state index in [-0.39, 0.29) is 17.1 Å². The summed E-state index contributed by atoms with van der Waals surface area (Å²) in [5.74, 6) is -0.711. The van der Waals surface area contributed by atoms with E-state index in [4.69, 9.17) is 5.11 Å². The average Bonchev–Trinajstić information content (AvgIpc) is 1.35. The van der Waals surface area contributed by atoms with Crippen molar-refractivity contribution in [2.45, 2.75) is 19.8 Å². The molecule has 0 aromatic rings. The Morgan fingerprint density at radius 2 is 2.14 bits per heavy atom. The molecule has 1 N–H and O–H groups in total. The third-order valence-corrected chi connectivity index (χ3v) is 0.464. The van der Waals surface area contributed by atoms with Crippen LogP contribution >= 0.6 is 0 Å². The van der Waals surface area contributed by atoms with E-state index >= 15 is 0 Å². The van der Waals surface area contributed by atoms with Crippen molar-refractivity contribution in [1.82, 2.24) is 0 Å². The van der Waals surface area contributed by atoms with Crippen LogP contribution in [0.3, 0.4) is 0 Å². The normalized spacial score (nSPS) is 7.00. The Morgan fingerprint density at radius 1 is 1.71 bits per heavy atom. The zero-order valence-corrected chi connectivity index (χ0v) is 5.23. The largest absolute Gasteiger partial charge is 0.481 e. The summed E-state index contributed by atoms with van der Waals surface area (Å²) >= 11 is 0. The van der Waals surface area contributed by atoms with E-state index < -0.39 is 5.97 Å². The topological polar surface area (TPSA) is 37.3 Å². The van der Waals surface area contributed by atoms with Crippen LogP contribution in [0.5, 0.6) is 0 Å². The Labute approximate surface area is 53.4 Å². The summed E-state index contributed by atoms with van der Waals surface area (Å²) < 4.78 is 0. The molecule has 0 spiro atoms. The van der Waals surface area contributed by atoms with E-state index in [0.717, 1.165) is 6.42 Å². The van der Waals surface area contributed by atoms with Crippen molar-refractivity contribution < 1.29 is 27.0 Å². The summed E-state index contributed by atoms with van der Waals surface area (Å²) in [5, 5.41) is 7.91. The first-order chi connectivity index (χ1) is 2.77. The molecule has 0 amide bonds. The monoisotopic (exact) mass is 144 g/mol. The van der Waals surface area contributed by atoms with Crippen LogP contribution in [0.4, 0.5) is 0 Å². The van der Waals surface area contributed by atoms with Crippen LogP contribution in [-0.4, -0.2) is 11.1 Å². The van der Waals surface area contributed by atoms with Crippen molar-refractivity contribution >= 4 is 5.97 Å². The Morgan fingerprint density at radius 3 is 2.14 bits per heavy atom. The van der Waals surface area contributed by atoms with Gasteiger partial charge in [-0.25, -0.2) is 0 Å². The predicted octanol–water partition coefficient (Wildman–Crippen LogP) is 0.869. The van der Waals surface area contributed by atoms with Gasteiger partial charge in [-0.3, -0.25) is 4.79 Å². The van der Waals surface area contributed by atoms with Gasteiger partial charge in [0.1, 0.15) is 0 Å². The minimum Gasteiger partial charge on any atom is -0.481 e. The number of rotatable bonds is 2. The predicted molar refractivity (Wildman–Crippen MR) is 22.5 cm³/mol. The Bertz CT molecular complexity index is 53.7. The minimum absolute atomic E-state index is 0. The second-order valence-corrected chi connectivity index (χ2v) is 1.14. The summed E-state index contributed by atoms with van der Waals surface area (Å²) in [6.45, 7) is 1.84. The van der Waals surface area contributed by atoms with Gasteiger partial charge in [-0.15, -0.1) is 0 Å². The number of aliphatic carboxylic acids is 1. The molecule has 0 aliphatic rings. The molecular formula is C4H8FeO2. The quantitative estimate of drug-likeness (QED) is 0.583. The van der Waals surface area contributed by atoms with Crippen molar-refractivity contribution in [3.05, 3.63) is 0 Å². The summed E-state index contributed by atoms with van der Waals surface area (Å²) in [6.07, 6.45) is 1.02. The van der Waals surface area contributed by atoms with Gasteiger partial charge in [0, 0.05) is 23.5 Å². The van der Waals surface area contributed by atoms with E-state index in [0.29, 0.717) is 6.42 Å². The zero-order valence-electron chi connectivity index (χ0n) is 4.12. The molecule has 0 heterocycles. The third-order valence-electron chi connectivity index (χ3n) is 0.464. The molecule has 44 valence electrons. The average molecular weight is 144 g/mol. The second kappa shape index (κ2) is 5.99. The van der Waals surface area contributed by atoms with E-state index in [1.807, 2.05) is 6.92 Å². The van der Waals surface area contributed by atoms with Crippen molar-refractivity contribution in [2.75, 3.05) is 0 Å². The molecule has 0 aliphatic carbocycles. The molecule has 0 radical (unpaired) electrons. The maximum absolute atomic E-state index is 9.60. The van der Waals surface area contributed by atoms with Crippen molar-refractivity contribution in [2.24, 2.45) is 0 Å². The fraction of sp³-hybridized carbons (Fsp3) is 0.750. The summed E-state index contributed by atoms with van der Waals surface area (Å²) in [5.41, 5.74) is 0. The number of hydrogen-bond acceptors (Lipinski definition) is 1. The number of carboxylic acids is 1. The zero-order chi connectivity index (χ0) is 4.99. The van der Waals surface area contributed by atoms with Crippen LogP contribution in [-0.2, 0) is 21.9 Å². The van der Waals surface area contributed by atoms with Crippen LogP contribution in [0.1, 0.15) is 19.8 Å². The van der Waals surface area contributed by atoms with Gasteiger partial charge in [-0.05, 0) is 6.42 Å². The fourth-order valence-electron chi connectivity index (χ4n) is 0.214. The van der Waals surface area contributed by atoms with Gasteiger partial charge < -0.3 is 5.11 Å². The minimum atomic E-state index is -0.711. The molecule has 2 nitrogen and oxygen atoms in total. The standard InChI is InChI=1S/C4H8O2.Fe/c1-2-3-4(5)6;/h2-3H2,1H3,(H,5,6);. The fourth-order valence-corrected chi connectivity index (χ4v) is 0.214. The molecule has 7 heavy (non-hydrogen) atoms. The van der Waals surface area contributed by atoms with E-state index in [9.17, 15) is 4.79 Å². The first-order valence-corrected chi connectivity index (χ1v) is 1.99. The van der Waals surface area contributed by atoms with Gasteiger partial charge in [0.05, 0.1) is 0 Å². The SMILES string of the molecule is CCCC(=O)O.[Fe]. The van der Waals surface area contributed by atoms with Gasteiger partial charge in [0.15, 0.2) is 0 Å². The molecular weight excluding hydrogens is 136 g/mol. The van der Waals surface area contributed by atoms with Crippen LogP contribution < -0.4 is 0 Å². The van der Waals surface area contributed by atoms with Gasteiger partial charge >= 0.3 is 5.97 Å². The molecule has 0 atom stereocenters. The number of carboxylic acid groups (broad SMARTS) is 1. The first-order valence-electron chi connectivity index (χ1n) is 1.99. The van der Waals surface area contributed by atoms with E-state index in [2.05, 4.69) is 0 Å². The molecule has 0 saturated carbocycles. The smallest absolute Gasteiger partial charge is 0.303 e. The van der Waals surface area contributed by atoms with Gasteiger partial charge in [-0.1, -0.05) is 6.92 Å². The molecule has 0 unspecified atom stereocenters. The molecule has 3 heteroatoms. The Balaban J connectivity index is 0. The van der Waals surface area contributed by atoms with Crippen molar-refractivity contribution in [3.63, 3.8) is 0 Å². The Hall–Kier alpha value is -0.0105. The number of hydrogen-bond donors (Lipinski definition) is 1. The molecule has 0 bridgehead atoms. The molecule has 0 aliphatic heterocycles. The van der Waals surface area contributed by atoms with Crippen molar-refractivity contribution in [3.8, 4) is 0 Å². The molecule has 0 rings (SSSR count). The van der Waals surface area contributed by atoms with Gasteiger partial charge in [0.2, 0.25) is 0 Å². The molecule has 0 aromatic carbocycles. The molecule has 0 fully saturated rings.